The summed E-state index contributed by atoms with van der Waals surface area (Å²) in [4.78, 5) is 10.4. The molecule has 0 fully saturated rings. The van der Waals surface area contributed by atoms with Crippen molar-refractivity contribution in [3.63, 3.8) is 0 Å². The van der Waals surface area contributed by atoms with E-state index in [0.717, 1.165) is 12.1 Å². The van der Waals surface area contributed by atoms with E-state index in [9.17, 15) is 9.18 Å². The highest BCUT2D eigenvalue weighted by Crippen LogP contribution is 2.26. The van der Waals surface area contributed by atoms with Crippen LogP contribution in [0.1, 0.15) is 5.56 Å². The van der Waals surface area contributed by atoms with Crippen LogP contribution in [0.25, 0.3) is 0 Å². The third-order valence-corrected chi connectivity index (χ3v) is 2.18. The summed E-state index contributed by atoms with van der Waals surface area (Å²) in [6.45, 7) is 0. The van der Waals surface area contributed by atoms with Gasteiger partial charge < -0.3 is 15.9 Å². The maximum atomic E-state index is 13.2. The summed E-state index contributed by atoms with van der Waals surface area (Å²) in [5.74, 6) is -2.34. The fourth-order valence-electron chi connectivity index (χ4n) is 1.06. The number of carboxylic acid groups (broad SMARTS) is 1. The summed E-state index contributed by atoms with van der Waals surface area (Å²) in [6.07, 6.45) is -0.179. The first-order valence-corrected chi connectivity index (χ1v) is 4.45. The molecule has 1 aromatic carbocycles. The summed E-state index contributed by atoms with van der Waals surface area (Å²) in [7, 11) is 0. The van der Waals surface area contributed by atoms with Crippen LogP contribution in [0.15, 0.2) is 12.1 Å². The number of phenolic OH excluding ortho intramolecular Hbond substituents is 1. The van der Waals surface area contributed by atoms with Crippen molar-refractivity contribution in [2.24, 2.45) is 5.73 Å². The Kier molecular flexibility index (Phi) is 3.49. The van der Waals surface area contributed by atoms with Crippen molar-refractivity contribution in [3.05, 3.63) is 28.5 Å². The normalized spacial score (nSPS) is 12.5. The van der Waals surface area contributed by atoms with E-state index in [1.807, 2.05) is 0 Å². The van der Waals surface area contributed by atoms with Crippen LogP contribution in [0.5, 0.6) is 5.75 Å². The van der Waals surface area contributed by atoms with Gasteiger partial charge in [-0.15, -0.1) is 0 Å². The molecule has 0 unspecified atom stereocenters. The molecule has 1 rings (SSSR count). The topological polar surface area (TPSA) is 83.5 Å². The molecular weight excluding hydrogens is 225 g/mol. The van der Waals surface area contributed by atoms with Crippen molar-refractivity contribution < 1.29 is 19.4 Å². The lowest BCUT2D eigenvalue weighted by Gasteiger charge is -2.08. The second-order valence-corrected chi connectivity index (χ2v) is 3.45. The van der Waals surface area contributed by atoms with Crippen LogP contribution in [-0.4, -0.2) is 22.2 Å². The minimum atomic E-state index is -1.22. The van der Waals surface area contributed by atoms with Gasteiger partial charge in [-0.3, -0.25) is 4.79 Å². The van der Waals surface area contributed by atoms with Crippen LogP contribution in [-0.2, 0) is 11.2 Å². The molecule has 0 aromatic heterocycles. The minimum absolute atomic E-state index is 0.0380. The van der Waals surface area contributed by atoms with E-state index in [1.165, 1.54) is 0 Å². The molecule has 0 aliphatic carbocycles. The largest absolute Gasteiger partial charge is 0.506 e. The molecule has 0 saturated heterocycles. The molecule has 0 aliphatic heterocycles. The molecule has 0 amide bonds. The Balaban J connectivity index is 2.95. The van der Waals surface area contributed by atoms with Crippen molar-refractivity contribution in [2.75, 3.05) is 0 Å². The Hall–Kier alpha value is -1.33. The van der Waals surface area contributed by atoms with E-state index in [-0.39, 0.29) is 22.8 Å². The molecule has 0 heterocycles. The molecule has 0 aliphatic rings. The monoisotopic (exact) mass is 233 g/mol. The van der Waals surface area contributed by atoms with Crippen LogP contribution in [0, 0.1) is 5.82 Å². The summed E-state index contributed by atoms with van der Waals surface area (Å²) >= 11 is 5.54. The van der Waals surface area contributed by atoms with E-state index in [0.29, 0.717) is 0 Å². The molecule has 6 heteroatoms. The first kappa shape index (κ1) is 11.7. The highest BCUT2D eigenvalue weighted by Gasteiger charge is 2.16. The fraction of sp³-hybridized carbons (Fsp3) is 0.222. The summed E-state index contributed by atoms with van der Waals surface area (Å²) in [5, 5.41) is 17.5. The van der Waals surface area contributed by atoms with E-state index >= 15 is 0 Å². The number of nitrogens with two attached hydrogens (primary N) is 1. The lowest BCUT2D eigenvalue weighted by atomic mass is 10.1. The third kappa shape index (κ3) is 2.81. The number of hydrogen-bond donors (Lipinski definition) is 3. The van der Waals surface area contributed by atoms with Gasteiger partial charge in [-0.2, -0.15) is 0 Å². The quantitative estimate of drug-likeness (QED) is 0.731. The van der Waals surface area contributed by atoms with Crippen LogP contribution >= 0.6 is 11.6 Å². The molecule has 0 bridgehead atoms. The fourth-order valence-corrected chi connectivity index (χ4v) is 1.24. The number of hydrogen-bond acceptors (Lipinski definition) is 3. The molecule has 82 valence electrons. The number of phenols is 1. The molecule has 1 atom stereocenters. The predicted octanol–water partition coefficient (Wildman–Crippen LogP) is 1.14. The molecule has 0 spiro atoms. The molecule has 4 nitrogen and oxygen atoms in total. The number of benzene rings is 1. The number of halogens is 2. The average molecular weight is 234 g/mol. The first-order chi connectivity index (χ1) is 6.91. The Labute approximate surface area is 90.1 Å². The molecule has 1 aromatic rings. The zero-order chi connectivity index (χ0) is 11.6. The van der Waals surface area contributed by atoms with Crippen LogP contribution in [0.3, 0.4) is 0 Å². The van der Waals surface area contributed by atoms with Crippen molar-refractivity contribution in [1.29, 1.82) is 0 Å². The van der Waals surface area contributed by atoms with Crippen LogP contribution in [0.4, 0.5) is 4.39 Å². The zero-order valence-corrected chi connectivity index (χ0v) is 8.33. The van der Waals surface area contributed by atoms with Gasteiger partial charge >= 0.3 is 5.97 Å². The predicted molar refractivity (Wildman–Crippen MR) is 52.4 cm³/mol. The van der Waals surface area contributed by atoms with Gasteiger partial charge in [0.25, 0.3) is 0 Å². The van der Waals surface area contributed by atoms with Crippen molar-refractivity contribution in [1.82, 2.24) is 0 Å². The van der Waals surface area contributed by atoms with Crippen molar-refractivity contribution >= 4 is 17.6 Å². The number of rotatable bonds is 3. The highest BCUT2D eigenvalue weighted by molar-refractivity contribution is 6.32. The van der Waals surface area contributed by atoms with Gasteiger partial charge in [0.05, 0.1) is 5.02 Å². The molecular formula is C9H9ClFNO3. The van der Waals surface area contributed by atoms with E-state index < -0.39 is 17.8 Å². The lowest BCUT2D eigenvalue weighted by Crippen LogP contribution is -2.32. The lowest BCUT2D eigenvalue weighted by molar-refractivity contribution is -0.138. The zero-order valence-electron chi connectivity index (χ0n) is 7.58. The Morgan fingerprint density at radius 3 is 2.73 bits per heavy atom. The number of aromatic hydroxyl groups is 1. The SMILES string of the molecule is N[C@@H](Cc1cc(Cl)c(O)cc1F)C(=O)O. The second kappa shape index (κ2) is 4.46. The molecule has 15 heavy (non-hydrogen) atoms. The number of aliphatic carboxylic acids is 1. The number of carbonyl (C=O) groups is 1. The smallest absolute Gasteiger partial charge is 0.320 e. The van der Waals surface area contributed by atoms with Crippen molar-refractivity contribution in [2.45, 2.75) is 12.5 Å². The molecule has 0 radical (unpaired) electrons. The molecule has 0 saturated carbocycles. The number of carboxylic acids is 1. The Morgan fingerprint density at radius 2 is 2.20 bits per heavy atom. The van der Waals surface area contributed by atoms with Crippen molar-refractivity contribution in [3.8, 4) is 5.75 Å². The van der Waals surface area contributed by atoms with E-state index in [2.05, 4.69) is 0 Å². The standard InChI is InChI=1S/C9H9ClFNO3/c10-5-1-4(2-7(12)9(14)15)6(11)3-8(5)13/h1,3,7,13H,2,12H2,(H,14,15)/t7-/m0/s1. The van der Waals surface area contributed by atoms with Gasteiger partial charge in [-0.05, 0) is 11.6 Å². The van der Waals surface area contributed by atoms with E-state index in [4.69, 9.17) is 27.5 Å². The maximum Gasteiger partial charge on any atom is 0.320 e. The van der Waals surface area contributed by atoms with Gasteiger partial charge in [0, 0.05) is 12.5 Å². The maximum absolute atomic E-state index is 13.2. The first-order valence-electron chi connectivity index (χ1n) is 4.07. The summed E-state index contributed by atoms with van der Waals surface area (Å²) in [5.41, 5.74) is 5.30. The van der Waals surface area contributed by atoms with Gasteiger partial charge in [0.1, 0.15) is 17.6 Å². The van der Waals surface area contributed by atoms with Gasteiger partial charge in [-0.1, -0.05) is 11.6 Å². The van der Waals surface area contributed by atoms with Gasteiger partial charge in [0.15, 0.2) is 0 Å². The summed E-state index contributed by atoms with van der Waals surface area (Å²) in [6, 6.07) is 0.793. The van der Waals surface area contributed by atoms with Gasteiger partial charge in [0.2, 0.25) is 0 Å². The summed E-state index contributed by atoms with van der Waals surface area (Å²) < 4.78 is 13.2. The third-order valence-electron chi connectivity index (χ3n) is 1.87. The second-order valence-electron chi connectivity index (χ2n) is 3.04. The average Bonchev–Trinajstić information content (AvgIpc) is 2.13. The van der Waals surface area contributed by atoms with Crippen LogP contribution < -0.4 is 5.73 Å². The van der Waals surface area contributed by atoms with Gasteiger partial charge in [-0.25, -0.2) is 4.39 Å². The van der Waals surface area contributed by atoms with Crippen LogP contribution in [0.2, 0.25) is 5.02 Å². The minimum Gasteiger partial charge on any atom is -0.506 e. The highest BCUT2D eigenvalue weighted by atomic mass is 35.5. The van der Waals surface area contributed by atoms with E-state index in [1.54, 1.807) is 0 Å². The Bertz CT molecular complexity index is 397. The Morgan fingerprint density at radius 1 is 1.60 bits per heavy atom. The molecule has 4 N–H and O–H groups in total.